The number of hydrogen-bond donors (Lipinski definition) is 2. The van der Waals surface area contributed by atoms with E-state index in [0.717, 1.165) is 50.0 Å². The number of aryl methyl sites for hydroxylation is 1. The monoisotopic (exact) mass is 484 g/mol. The number of hydrogen-bond acceptors (Lipinski definition) is 5. The molecule has 0 atom stereocenters. The first-order valence-corrected chi connectivity index (χ1v) is 12.1. The zero-order valence-corrected chi connectivity index (χ0v) is 19.4. The first kappa shape index (κ1) is 24.0. The second-order valence-electron chi connectivity index (χ2n) is 8.32. The number of amides is 2. The number of thiazole rings is 1. The summed E-state index contributed by atoms with van der Waals surface area (Å²) >= 11 is 1.23. The van der Waals surface area contributed by atoms with E-state index >= 15 is 0 Å². The standard InChI is InChI=1S/C25H26F2N4O2S/c26-20-8-7-18(14-21(20)27)22-16-34-25(29-22)30-24(33)15-31-12-10-19(11-13-31)28-23(32)9-6-17-4-2-1-3-5-17/h1-5,7-8,14,16,19H,6,9-13,15H2,(H,28,32)(H,29,30,33). The minimum Gasteiger partial charge on any atom is -0.353 e. The van der Waals surface area contributed by atoms with Crippen LogP contribution in [0.5, 0.6) is 0 Å². The van der Waals surface area contributed by atoms with Crippen molar-refractivity contribution in [3.63, 3.8) is 0 Å². The number of anilines is 1. The Morgan fingerprint density at radius 2 is 1.79 bits per heavy atom. The maximum Gasteiger partial charge on any atom is 0.240 e. The molecule has 4 rings (SSSR count). The molecule has 178 valence electrons. The number of aromatic nitrogens is 1. The molecule has 0 unspecified atom stereocenters. The highest BCUT2D eigenvalue weighted by atomic mass is 32.1. The molecule has 1 aliphatic heterocycles. The number of nitrogens with one attached hydrogen (secondary N) is 2. The third-order valence-electron chi connectivity index (χ3n) is 5.77. The average Bonchev–Trinajstić information content (AvgIpc) is 3.30. The van der Waals surface area contributed by atoms with Gasteiger partial charge in [-0.3, -0.25) is 14.5 Å². The van der Waals surface area contributed by atoms with E-state index in [1.54, 1.807) is 5.38 Å². The second kappa shape index (κ2) is 11.3. The van der Waals surface area contributed by atoms with E-state index in [0.29, 0.717) is 22.8 Å². The number of carbonyl (C=O) groups excluding carboxylic acids is 2. The van der Waals surface area contributed by atoms with Crippen LogP contribution in [0.15, 0.2) is 53.9 Å². The molecule has 1 saturated heterocycles. The molecule has 1 aliphatic rings. The Bertz CT molecular complexity index is 1130. The van der Waals surface area contributed by atoms with Gasteiger partial charge in [-0.05, 0) is 43.0 Å². The molecule has 2 amide bonds. The molecule has 0 aliphatic carbocycles. The molecule has 2 heterocycles. The van der Waals surface area contributed by atoms with E-state index in [9.17, 15) is 18.4 Å². The van der Waals surface area contributed by atoms with Crippen molar-refractivity contribution in [3.8, 4) is 11.3 Å². The molecule has 2 aromatic carbocycles. The van der Waals surface area contributed by atoms with Crippen molar-refractivity contribution in [2.45, 2.75) is 31.7 Å². The molecule has 0 bridgehead atoms. The van der Waals surface area contributed by atoms with Crippen LogP contribution in [-0.4, -0.2) is 47.4 Å². The van der Waals surface area contributed by atoms with Crippen LogP contribution >= 0.6 is 11.3 Å². The van der Waals surface area contributed by atoms with E-state index in [2.05, 4.69) is 15.6 Å². The summed E-state index contributed by atoms with van der Waals surface area (Å²) in [5, 5.41) is 7.97. The lowest BCUT2D eigenvalue weighted by molar-refractivity contribution is -0.122. The predicted molar refractivity (Wildman–Crippen MR) is 128 cm³/mol. The number of halogens is 2. The Kier molecular flexibility index (Phi) is 7.97. The molecule has 1 aromatic heterocycles. The van der Waals surface area contributed by atoms with Gasteiger partial charge < -0.3 is 10.6 Å². The van der Waals surface area contributed by atoms with Gasteiger partial charge in [0.2, 0.25) is 11.8 Å². The Labute approximate surface area is 201 Å². The van der Waals surface area contributed by atoms with Crippen LogP contribution in [0.1, 0.15) is 24.8 Å². The summed E-state index contributed by atoms with van der Waals surface area (Å²) < 4.78 is 26.6. The Balaban J connectivity index is 1.18. The number of carbonyl (C=O) groups is 2. The van der Waals surface area contributed by atoms with Crippen molar-refractivity contribution in [2.75, 3.05) is 25.0 Å². The molecule has 6 nitrogen and oxygen atoms in total. The van der Waals surface area contributed by atoms with Gasteiger partial charge in [0.15, 0.2) is 16.8 Å². The van der Waals surface area contributed by atoms with Crippen molar-refractivity contribution in [2.24, 2.45) is 0 Å². The van der Waals surface area contributed by atoms with Gasteiger partial charge in [-0.25, -0.2) is 13.8 Å². The molecular formula is C25H26F2N4O2S. The zero-order valence-electron chi connectivity index (χ0n) is 18.6. The number of nitrogens with zero attached hydrogens (tertiary/aromatic N) is 2. The summed E-state index contributed by atoms with van der Waals surface area (Å²) in [6.45, 7) is 1.67. The summed E-state index contributed by atoms with van der Waals surface area (Å²) in [4.78, 5) is 31.0. The van der Waals surface area contributed by atoms with E-state index in [4.69, 9.17) is 0 Å². The molecule has 0 radical (unpaired) electrons. The third-order valence-corrected chi connectivity index (χ3v) is 6.53. The maximum atomic E-state index is 13.5. The Morgan fingerprint density at radius 1 is 1.03 bits per heavy atom. The van der Waals surface area contributed by atoms with Crippen LogP contribution < -0.4 is 10.6 Å². The molecule has 34 heavy (non-hydrogen) atoms. The fourth-order valence-electron chi connectivity index (χ4n) is 3.92. The number of piperidine rings is 1. The number of rotatable bonds is 8. The maximum absolute atomic E-state index is 13.5. The van der Waals surface area contributed by atoms with E-state index in [1.165, 1.54) is 17.4 Å². The SMILES string of the molecule is O=C(CN1CCC(NC(=O)CCc2ccccc2)CC1)Nc1nc(-c2ccc(F)c(F)c2)cs1. The first-order chi connectivity index (χ1) is 16.5. The summed E-state index contributed by atoms with van der Waals surface area (Å²) in [6.07, 6.45) is 2.77. The van der Waals surface area contributed by atoms with Gasteiger partial charge in [0.25, 0.3) is 0 Å². The fourth-order valence-corrected chi connectivity index (χ4v) is 4.65. The number of benzene rings is 2. The molecule has 1 fully saturated rings. The van der Waals surface area contributed by atoms with Gasteiger partial charge in [-0.1, -0.05) is 30.3 Å². The lowest BCUT2D eigenvalue weighted by Gasteiger charge is -2.31. The van der Waals surface area contributed by atoms with Crippen molar-refractivity contribution in [3.05, 3.63) is 71.1 Å². The minimum absolute atomic E-state index is 0.0562. The predicted octanol–water partition coefficient (Wildman–Crippen LogP) is 4.24. The summed E-state index contributed by atoms with van der Waals surface area (Å²) in [5.41, 5.74) is 2.07. The molecule has 0 spiro atoms. The van der Waals surface area contributed by atoms with Crippen molar-refractivity contribution >= 4 is 28.3 Å². The summed E-state index contributed by atoms with van der Waals surface area (Å²) in [5.74, 6) is -1.98. The van der Waals surface area contributed by atoms with Gasteiger partial charge in [-0.2, -0.15) is 0 Å². The average molecular weight is 485 g/mol. The summed E-state index contributed by atoms with van der Waals surface area (Å²) in [6, 6.07) is 13.7. The normalized spacial score (nSPS) is 14.6. The molecule has 2 N–H and O–H groups in total. The topological polar surface area (TPSA) is 74.3 Å². The van der Waals surface area contributed by atoms with Crippen molar-refractivity contribution in [1.82, 2.24) is 15.2 Å². The lowest BCUT2D eigenvalue weighted by Crippen LogP contribution is -2.46. The molecule has 0 saturated carbocycles. The smallest absolute Gasteiger partial charge is 0.240 e. The van der Waals surface area contributed by atoms with E-state index in [-0.39, 0.29) is 24.4 Å². The Morgan fingerprint density at radius 3 is 2.53 bits per heavy atom. The highest BCUT2D eigenvalue weighted by Crippen LogP contribution is 2.26. The largest absolute Gasteiger partial charge is 0.353 e. The van der Waals surface area contributed by atoms with Crippen molar-refractivity contribution < 1.29 is 18.4 Å². The minimum atomic E-state index is -0.938. The van der Waals surface area contributed by atoms with Crippen LogP contribution in [0.3, 0.4) is 0 Å². The van der Waals surface area contributed by atoms with Crippen LogP contribution in [0.2, 0.25) is 0 Å². The quantitative estimate of drug-likeness (QED) is 0.502. The van der Waals surface area contributed by atoms with E-state index in [1.807, 2.05) is 35.2 Å². The van der Waals surface area contributed by atoms with Gasteiger partial charge >= 0.3 is 0 Å². The molecule has 9 heteroatoms. The van der Waals surface area contributed by atoms with Gasteiger partial charge in [0.05, 0.1) is 12.2 Å². The van der Waals surface area contributed by atoms with Crippen LogP contribution in [0.25, 0.3) is 11.3 Å². The van der Waals surface area contributed by atoms with Crippen molar-refractivity contribution in [1.29, 1.82) is 0 Å². The molecule has 3 aromatic rings. The van der Waals surface area contributed by atoms with Crippen LogP contribution in [0, 0.1) is 11.6 Å². The Hall–Kier alpha value is -3.17. The fraction of sp³-hybridized carbons (Fsp3) is 0.320. The number of likely N-dealkylation sites (tertiary alicyclic amines) is 1. The first-order valence-electron chi connectivity index (χ1n) is 11.2. The van der Waals surface area contributed by atoms with Crippen LogP contribution in [-0.2, 0) is 16.0 Å². The van der Waals surface area contributed by atoms with Gasteiger partial charge in [-0.15, -0.1) is 11.3 Å². The van der Waals surface area contributed by atoms with Gasteiger partial charge in [0, 0.05) is 36.5 Å². The van der Waals surface area contributed by atoms with E-state index < -0.39 is 11.6 Å². The zero-order chi connectivity index (χ0) is 23.9. The third kappa shape index (κ3) is 6.68. The lowest BCUT2D eigenvalue weighted by atomic mass is 10.0. The summed E-state index contributed by atoms with van der Waals surface area (Å²) in [7, 11) is 0. The second-order valence-corrected chi connectivity index (χ2v) is 9.18. The highest BCUT2D eigenvalue weighted by Gasteiger charge is 2.22. The van der Waals surface area contributed by atoms with Crippen LogP contribution in [0.4, 0.5) is 13.9 Å². The molecular weight excluding hydrogens is 458 g/mol. The van der Waals surface area contributed by atoms with Gasteiger partial charge in [0.1, 0.15) is 0 Å². The highest BCUT2D eigenvalue weighted by molar-refractivity contribution is 7.14.